The molecule has 2 unspecified atom stereocenters. The monoisotopic (exact) mass is 228 g/mol. The smallest absolute Gasteiger partial charge is 0.140 e. The van der Waals surface area contributed by atoms with Crippen molar-refractivity contribution in [3.05, 3.63) is 34.9 Å². The summed E-state index contributed by atoms with van der Waals surface area (Å²) in [7, 11) is 0. The largest absolute Gasteiger partial charge is 0.299 e. The molecule has 3 rings (SSSR count). The molecule has 0 aromatic heterocycles. The highest BCUT2D eigenvalue weighted by Crippen LogP contribution is 2.58. The van der Waals surface area contributed by atoms with E-state index < -0.39 is 0 Å². The Kier molecular flexibility index (Phi) is 2.57. The minimum Gasteiger partial charge on any atom is -0.299 e. The molecule has 90 valence electrons. The van der Waals surface area contributed by atoms with E-state index in [2.05, 4.69) is 32.0 Å². The van der Waals surface area contributed by atoms with Gasteiger partial charge in [-0.15, -0.1) is 0 Å². The summed E-state index contributed by atoms with van der Waals surface area (Å²) in [6, 6.07) is 6.48. The second kappa shape index (κ2) is 3.97. The van der Waals surface area contributed by atoms with Gasteiger partial charge in [-0.2, -0.15) is 0 Å². The van der Waals surface area contributed by atoms with Gasteiger partial charge in [0.2, 0.25) is 0 Å². The molecule has 0 amide bonds. The molecule has 2 aliphatic carbocycles. The third-order valence-electron chi connectivity index (χ3n) is 4.44. The molecule has 2 saturated carbocycles. The van der Waals surface area contributed by atoms with E-state index in [9.17, 15) is 4.79 Å². The molecule has 17 heavy (non-hydrogen) atoms. The van der Waals surface area contributed by atoms with Crippen LogP contribution in [0.4, 0.5) is 0 Å². The van der Waals surface area contributed by atoms with Crippen LogP contribution in [0.25, 0.3) is 0 Å². The maximum absolute atomic E-state index is 12.2. The van der Waals surface area contributed by atoms with Crippen molar-refractivity contribution in [1.29, 1.82) is 0 Å². The molecule has 0 radical (unpaired) electrons. The molecule has 0 aliphatic heterocycles. The Bertz CT molecular complexity index is 430. The first-order valence-corrected chi connectivity index (χ1v) is 6.75. The zero-order chi connectivity index (χ0) is 12.0. The molecule has 0 N–H and O–H groups in total. The van der Waals surface area contributed by atoms with Crippen LogP contribution in [-0.4, -0.2) is 5.78 Å². The maximum atomic E-state index is 12.2. The van der Waals surface area contributed by atoms with E-state index in [0.29, 0.717) is 18.1 Å². The number of benzene rings is 1. The SMILES string of the molecule is Cc1cc(C)cc(CC(=O)C2C3CCCC32)c1. The van der Waals surface area contributed by atoms with Crippen LogP contribution < -0.4 is 0 Å². The number of fused-ring (bicyclic) bond motifs is 1. The number of Topliss-reactive ketones (excluding diaryl/α,β-unsaturated/α-hetero) is 1. The van der Waals surface area contributed by atoms with E-state index in [-0.39, 0.29) is 0 Å². The second-order valence-corrected chi connectivity index (χ2v) is 5.92. The predicted octanol–water partition coefficient (Wildman–Crippen LogP) is 3.46. The third kappa shape index (κ3) is 2.03. The van der Waals surface area contributed by atoms with Crippen molar-refractivity contribution < 1.29 is 4.79 Å². The van der Waals surface area contributed by atoms with Gasteiger partial charge in [-0.05, 0) is 44.1 Å². The predicted molar refractivity (Wildman–Crippen MR) is 68.9 cm³/mol. The number of ketones is 1. The van der Waals surface area contributed by atoms with Gasteiger partial charge < -0.3 is 0 Å². The number of carbonyl (C=O) groups is 1. The van der Waals surface area contributed by atoms with Crippen LogP contribution in [0.15, 0.2) is 18.2 Å². The fraction of sp³-hybridized carbons (Fsp3) is 0.562. The average molecular weight is 228 g/mol. The van der Waals surface area contributed by atoms with Gasteiger partial charge in [-0.25, -0.2) is 0 Å². The molecule has 0 bridgehead atoms. The van der Waals surface area contributed by atoms with Gasteiger partial charge >= 0.3 is 0 Å². The van der Waals surface area contributed by atoms with Crippen molar-refractivity contribution in [3.63, 3.8) is 0 Å². The highest BCUT2D eigenvalue weighted by Gasteiger charge is 2.55. The molecule has 0 heterocycles. The first-order valence-electron chi connectivity index (χ1n) is 6.75. The lowest BCUT2D eigenvalue weighted by molar-refractivity contribution is -0.120. The summed E-state index contributed by atoms with van der Waals surface area (Å²) in [5.74, 6) is 2.43. The van der Waals surface area contributed by atoms with E-state index >= 15 is 0 Å². The molecular weight excluding hydrogens is 208 g/mol. The Balaban J connectivity index is 1.68. The number of hydrogen-bond donors (Lipinski definition) is 0. The molecule has 2 fully saturated rings. The number of carbonyl (C=O) groups excluding carboxylic acids is 1. The Hall–Kier alpha value is -1.11. The van der Waals surface area contributed by atoms with E-state index in [0.717, 1.165) is 11.8 Å². The molecule has 1 aromatic rings. The highest BCUT2D eigenvalue weighted by molar-refractivity contribution is 5.86. The first kappa shape index (κ1) is 11.0. The first-order chi connectivity index (χ1) is 8.15. The lowest BCUT2D eigenvalue weighted by Crippen LogP contribution is -2.09. The molecular formula is C16H20O. The Morgan fingerprint density at radius 3 is 2.29 bits per heavy atom. The van der Waals surface area contributed by atoms with E-state index in [1.54, 1.807) is 0 Å². The Morgan fingerprint density at radius 2 is 1.71 bits per heavy atom. The van der Waals surface area contributed by atoms with Crippen molar-refractivity contribution in [2.24, 2.45) is 17.8 Å². The Labute approximate surface area is 103 Å². The van der Waals surface area contributed by atoms with Crippen LogP contribution in [0.2, 0.25) is 0 Å². The number of hydrogen-bond acceptors (Lipinski definition) is 1. The van der Waals surface area contributed by atoms with Gasteiger partial charge in [0.15, 0.2) is 0 Å². The van der Waals surface area contributed by atoms with Gasteiger partial charge in [0.25, 0.3) is 0 Å². The van der Waals surface area contributed by atoms with Crippen molar-refractivity contribution in [2.75, 3.05) is 0 Å². The third-order valence-corrected chi connectivity index (χ3v) is 4.44. The van der Waals surface area contributed by atoms with Gasteiger partial charge in [0, 0.05) is 12.3 Å². The number of aryl methyl sites for hydroxylation is 2. The topological polar surface area (TPSA) is 17.1 Å². The zero-order valence-corrected chi connectivity index (χ0v) is 10.7. The summed E-state index contributed by atoms with van der Waals surface area (Å²) >= 11 is 0. The van der Waals surface area contributed by atoms with Crippen LogP contribution in [0.5, 0.6) is 0 Å². The fourth-order valence-corrected chi connectivity index (χ4v) is 3.79. The van der Waals surface area contributed by atoms with Gasteiger partial charge in [-0.1, -0.05) is 35.7 Å². The minimum atomic E-state index is 0.421. The summed E-state index contributed by atoms with van der Waals surface area (Å²) in [6.45, 7) is 4.21. The zero-order valence-electron chi connectivity index (χ0n) is 10.7. The summed E-state index contributed by atoms with van der Waals surface area (Å²) in [4.78, 5) is 12.2. The molecule has 1 heteroatoms. The normalized spacial score (nSPS) is 30.1. The van der Waals surface area contributed by atoms with Crippen LogP contribution in [0.3, 0.4) is 0 Å². The highest BCUT2D eigenvalue weighted by atomic mass is 16.1. The van der Waals surface area contributed by atoms with Crippen LogP contribution in [0, 0.1) is 31.6 Å². The number of rotatable bonds is 3. The van der Waals surface area contributed by atoms with E-state index in [1.165, 1.54) is 36.0 Å². The van der Waals surface area contributed by atoms with Crippen LogP contribution in [0.1, 0.15) is 36.0 Å². The van der Waals surface area contributed by atoms with E-state index in [4.69, 9.17) is 0 Å². The molecule has 2 aliphatic rings. The van der Waals surface area contributed by atoms with Gasteiger partial charge in [-0.3, -0.25) is 4.79 Å². The molecule has 0 saturated heterocycles. The van der Waals surface area contributed by atoms with E-state index in [1.807, 2.05) is 0 Å². The molecule has 2 atom stereocenters. The lowest BCUT2D eigenvalue weighted by Gasteiger charge is -2.06. The maximum Gasteiger partial charge on any atom is 0.140 e. The summed E-state index contributed by atoms with van der Waals surface area (Å²) in [5.41, 5.74) is 3.74. The molecule has 0 spiro atoms. The fourth-order valence-electron chi connectivity index (χ4n) is 3.79. The quantitative estimate of drug-likeness (QED) is 0.774. The van der Waals surface area contributed by atoms with Gasteiger partial charge in [0.05, 0.1) is 0 Å². The summed E-state index contributed by atoms with van der Waals surface area (Å²) in [6.07, 6.45) is 4.60. The summed E-state index contributed by atoms with van der Waals surface area (Å²) in [5, 5.41) is 0. The second-order valence-electron chi connectivity index (χ2n) is 5.92. The van der Waals surface area contributed by atoms with Crippen LogP contribution in [-0.2, 0) is 11.2 Å². The van der Waals surface area contributed by atoms with Gasteiger partial charge in [0.1, 0.15) is 5.78 Å². The minimum absolute atomic E-state index is 0.421. The average Bonchev–Trinajstić information content (AvgIpc) is 2.72. The van der Waals surface area contributed by atoms with Crippen molar-refractivity contribution in [3.8, 4) is 0 Å². The van der Waals surface area contributed by atoms with Crippen LogP contribution >= 0.6 is 0 Å². The lowest BCUT2D eigenvalue weighted by atomic mass is 9.99. The standard InChI is InChI=1S/C16H20O/c1-10-6-11(2)8-12(7-10)9-15(17)16-13-4-3-5-14(13)16/h6-8,13-14,16H,3-5,9H2,1-2H3. The summed E-state index contributed by atoms with van der Waals surface area (Å²) < 4.78 is 0. The van der Waals surface area contributed by atoms with Crippen molar-refractivity contribution in [1.82, 2.24) is 0 Å². The van der Waals surface area contributed by atoms with Crippen molar-refractivity contribution in [2.45, 2.75) is 39.5 Å². The molecule has 1 aromatic carbocycles. The Morgan fingerprint density at radius 1 is 1.12 bits per heavy atom. The van der Waals surface area contributed by atoms with Crippen molar-refractivity contribution >= 4 is 5.78 Å². The molecule has 1 nitrogen and oxygen atoms in total.